The molecule has 4 nitrogen and oxygen atoms in total. The summed E-state index contributed by atoms with van der Waals surface area (Å²) in [5.74, 6) is 2.05. The molecule has 0 aromatic carbocycles. The van der Waals surface area contributed by atoms with Gasteiger partial charge in [-0.25, -0.2) is 4.98 Å². The van der Waals surface area contributed by atoms with Crippen molar-refractivity contribution in [2.24, 2.45) is 7.05 Å². The Balaban J connectivity index is 2.61. The molecule has 0 saturated heterocycles. The van der Waals surface area contributed by atoms with Gasteiger partial charge in [-0.1, -0.05) is 13.8 Å². The van der Waals surface area contributed by atoms with Gasteiger partial charge in [0.05, 0.1) is 0 Å². The van der Waals surface area contributed by atoms with E-state index in [2.05, 4.69) is 23.8 Å². The van der Waals surface area contributed by atoms with Gasteiger partial charge >= 0.3 is 0 Å². The summed E-state index contributed by atoms with van der Waals surface area (Å²) in [4.78, 5) is 8.78. The van der Waals surface area contributed by atoms with Crippen molar-refractivity contribution in [3.8, 4) is 11.3 Å². The average molecular weight is 230 g/mol. The van der Waals surface area contributed by atoms with Crippen LogP contribution in [0.2, 0.25) is 0 Å². The minimum absolute atomic E-state index is 0.355. The van der Waals surface area contributed by atoms with Gasteiger partial charge in [0.2, 0.25) is 0 Å². The first-order chi connectivity index (χ1) is 8.02. The quantitative estimate of drug-likeness (QED) is 0.862. The zero-order valence-electron chi connectivity index (χ0n) is 10.7. The van der Waals surface area contributed by atoms with Crippen LogP contribution in [0.25, 0.3) is 11.3 Å². The molecule has 0 fully saturated rings. The number of pyridine rings is 1. The third kappa shape index (κ3) is 1.90. The number of anilines is 1. The minimum Gasteiger partial charge on any atom is -0.383 e. The number of imidazole rings is 1. The van der Waals surface area contributed by atoms with Gasteiger partial charge in [0.15, 0.2) is 0 Å². The SMILES string of the molecule is Cc1ccncc1-c1nc(C(C)C)n(C)c1N. The second-order valence-corrected chi connectivity index (χ2v) is 4.61. The minimum atomic E-state index is 0.355. The number of aryl methyl sites for hydroxylation is 1. The lowest BCUT2D eigenvalue weighted by Crippen LogP contribution is -2.02. The standard InChI is InChI=1S/C13H18N4/c1-8(2)13-16-11(12(14)17(13)4)10-7-15-6-5-9(10)3/h5-8H,14H2,1-4H3. The van der Waals surface area contributed by atoms with Crippen molar-refractivity contribution >= 4 is 5.82 Å². The molecular weight excluding hydrogens is 212 g/mol. The molecule has 2 aromatic heterocycles. The van der Waals surface area contributed by atoms with E-state index in [1.54, 1.807) is 6.20 Å². The Kier molecular flexibility index (Phi) is 2.88. The molecule has 0 radical (unpaired) electrons. The first-order valence-electron chi connectivity index (χ1n) is 5.75. The summed E-state index contributed by atoms with van der Waals surface area (Å²) in [6.07, 6.45) is 3.60. The Hall–Kier alpha value is -1.84. The monoisotopic (exact) mass is 230 g/mol. The molecule has 0 amide bonds. The third-order valence-corrected chi connectivity index (χ3v) is 2.98. The number of rotatable bonds is 2. The van der Waals surface area contributed by atoms with E-state index in [1.165, 1.54) is 0 Å². The molecule has 0 aliphatic heterocycles. The van der Waals surface area contributed by atoms with E-state index in [9.17, 15) is 0 Å². The van der Waals surface area contributed by atoms with E-state index in [0.29, 0.717) is 11.7 Å². The highest BCUT2D eigenvalue weighted by molar-refractivity contribution is 5.72. The molecule has 4 heteroatoms. The summed E-state index contributed by atoms with van der Waals surface area (Å²) in [5, 5.41) is 0. The Morgan fingerprint density at radius 3 is 2.59 bits per heavy atom. The molecule has 2 N–H and O–H groups in total. The maximum absolute atomic E-state index is 6.11. The third-order valence-electron chi connectivity index (χ3n) is 2.98. The largest absolute Gasteiger partial charge is 0.383 e. The lowest BCUT2D eigenvalue weighted by atomic mass is 10.1. The van der Waals surface area contributed by atoms with Crippen molar-refractivity contribution in [2.75, 3.05) is 5.73 Å². The van der Waals surface area contributed by atoms with Crippen LogP contribution < -0.4 is 5.73 Å². The molecular formula is C13H18N4. The van der Waals surface area contributed by atoms with Crippen LogP contribution in [0.15, 0.2) is 18.5 Å². The van der Waals surface area contributed by atoms with Crippen LogP contribution in [0.3, 0.4) is 0 Å². The summed E-state index contributed by atoms with van der Waals surface area (Å²) < 4.78 is 1.95. The fraction of sp³-hybridized carbons (Fsp3) is 0.385. The lowest BCUT2D eigenvalue weighted by Gasteiger charge is -2.04. The van der Waals surface area contributed by atoms with E-state index in [-0.39, 0.29) is 0 Å². The Morgan fingerprint density at radius 1 is 1.35 bits per heavy atom. The van der Waals surface area contributed by atoms with Crippen molar-refractivity contribution < 1.29 is 0 Å². The number of aromatic nitrogens is 3. The summed E-state index contributed by atoms with van der Waals surface area (Å²) in [6.45, 7) is 6.27. The van der Waals surface area contributed by atoms with E-state index in [1.807, 2.05) is 30.8 Å². The van der Waals surface area contributed by atoms with E-state index < -0.39 is 0 Å². The van der Waals surface area contributed by atoms with Crippen LogP contribution in [0.4, 0.5) is 5.82 Å². The molecule has 2 heterocycles. The lowest BCUT2D eigenvalue weighted by molar-refractivity contribution is 0.715. The van der Waals surface area contributed by atoms with Crippen LogP contribution in [-0.2, 0) is 7.05 Å². The van der Waals surface area contributed by atoms with Crippen molar-refractivity contribution in [1.29, 1.82) is 0 Å². The predicted octanol–water partition coefficient (Wildman–Crippen LogP) is 2.50. The van der Waals surface area contributed by atoms with Crippen LogP contribution in [0.5, 0.6) is 0 Å². The van der Waals surface area contributed by atoms with Crippen LogP contribution in [-0.4, -0.2) is 14.5 Å². The van der Waals surface area contributed by atoms with Gasteiger partial charge in [-0.05, 0) is 18.6 Å². The maximum atomic E-state index is 6.11. The summed E-state index contributed by atoms with van der Waals surface area (Å²) in [7, 11) is 1.95. The van der Waals surface area contributed by atoms with Gasteiger partial charge in [-0.3, -0.25) is 4.98 Å². The first kappa shape index (κ1) is 11.6. The van der Waals surface area contributed by atoms with Crippen LogP contribution >= 0.6 is 0 Å². The second-order valence-electron chi connectivity index (χ2n) is 4.61. The number of hydrogen-bond donors (Lipinski definition) is 1. The van der Waals surface area contributed by atoms with E-state index in [0.717, 1.165) is 22.6 Å². The van der Waals surface area contributed by atoms with E-state index in [4.69, 9.17) is 5.73 Å². The Morgan fingerprint density at radius 2 is 2.06 bits per heavy atom. The zero-order chi connectivity index (χ0) is 12.6. The molecule has 0 unspecified atom stereocenters. The van der Waals surface area contributed by atoms with Gasteiger partial charge in [0, 0.05) is 30.9 Å². The number of hydrogen-bond acceptors (Lipinski definition) is 3. The average Bonchev–Trinajstić information content (AvgIpc) is 2.57. The molecule has 0 aliphatic rings. The van der Waals surface area contributed by atoms with Crippen LogP contribution in [0.1, 0.15) is 31.2 Å². The Bertz CT molecular complexity index is 540. The van der Waals surface area contributed by atoms with Crippen molar-refractivity contribution in [1.82, 2.24) is 14.5 Å². The van der Waals surface area contributed by atoms with Gasteiger partial charge in [0.25, 0.3) is 0 Å². The van der Waals surface area contributed by atoms with Crippen LogP contribution in [0, 0.1) is 6.92 Å². The van der Waals surface area contributed by atoms with Gasteiger partial charge in [0.1, 0.15) is 17.3 Å². The molecule has 0 aliphatic carbocycles. The predicted molar refractivity (Wildman–Crippen MR) is 69.7 cm³/mol. The summed E-state index contributed by atoms with van der Waals surface area (Å²) in [5.41, 5.74) is 9.10. The van der Waals surface area contributed by atoms with Crippen molar-refractivity contribution in [2.45, 2.75) is 26.7 Å². The second kappa shape index (κ2) is 4.20. The fourth-order valence-corrected chi connectivity index (χ4v) is 1.96. The highest BCUT2D eigenvalue weighted by atomic mass is 15.1. The first-order valence-corrected chi connectivity index (χ1v) is 5.75. The number of nitrogens with zero attached hydrogens (tertiary/aromatic N) is 3. The normalized spacial score (nSPS) is 11.1. The number of nitrogens with two attached hydrogens (primary N) is 1. The van der Waals surface area contributed by atoms with Crippen molar-refractivity contribution in [3.63, 3.8) is 0 Å². The maximum Gasteiger partial charge on any atom is 0.131 e. The summed E-state index contributed by atoms with van der Waals surface area (Å²) >= 11 is 0. The zero-order valence-corrected chi connectivity index (χ0v) is 10.7. The van der Waals surface area contributed by atoms with Gasteiger partial charge in [-0.15, -0.1) is 0 Å². The Labute approximate surface area is 102 Å². The van der Waals surface area contributed by atoms with Crippen molar-refractivity contribution in [3.05, 3.63) is 29.8 Å². The smallest absolute Gasteiger partial charge is 0.131 e. The molecule has 2 rings (SSSR count). The van der Waals surface area contributed by atoms with Gasteiger partial charge < -0.3 is 10.3 Å². The topological polar surface area (TPSA) is 56.7 Å². The molecule has 0 spiro atoms. The fourth-order valence-electron chi connectivity index (χ4n) is 1.96. The molecule has 17 heavy (non-hydrogen) atoms. The molecule has 0 bridgehead atoms. The molecule has 0 atom stereocenters. The van der Waals surface area contributed by atoms with Gasteiger partial charge in [-0.2, -0.15) is 0 Å². The molecule has 2 aromatic rings. The number of nitrogen functional groups attached to an aromatic ring is 1. The molecule has 90 valence electrons. The van der Waals surface area contributed by atoms with E-state index >= 15 is 0 Å². The summed E-state index contributed by atoms with van der Waals surface area (Å²) in [6, 6.07) is 1.97. The highest BCUT2D eigenvalue weighted by Gasteiger charge is 2.17. The highest BCUT2D eigenvalue weighted by Crippen LogP contribution is 2.29. The molecule has 0 saturated carbocycles.